The van der Waals surface area contributed by atoms with Crippen LogP contribution in [0.2, 0.25) is 0 Å². The minimum atomic E-state index is -4.60. The SMILES string of the molecule is CCC(C)(CC)c1ccc(C(F)(F)F)c(=O)[nH]1. The van der Waals surface area contributed by atoms with Crippen LogP contribution in [-0.4, -0.2) is 4.98 Å². The van der Waals surface area contributed by atoms with Gasteiger partial charge in [-0.2, -0.15) is 13.2 Å². The molecule has 0 saturated carbocycles. The molecule has 0 atom stereocenters. The normalized spacial score (nSPS) is 12.8. The lowest BCUT2D eigenvalue weighted by atomic mass is 9.81. The van der Waals surface area contributed by atoms with Crippen molar-refractivity contribution in [2.24, 2.45) is 0 Å². The smallest absolute Gasteiger partial charge is 0.325 e. The fourth-order valence-electron chi connectivity index (χ4n) is 1.68. The summed E-state index contributed by atoms with van der Waals surface area (Å²) in [4.78, 5) is 13.7. The highest BCUT2D eigenvalue weighted by Crippen LogP contribution is 2.31. The van der Waals surface area contributed by atoms with Crippen molar-refractivity contribution in [3.05, 3.63) is 33.7 Å². The molecule has 1 heterocycles. The third-order valence-corrected chi connectivity index (χ3v) is 3.43. The first-order valence-corrected chi connectivity index (χ1v) is 5.55. The van der Waals surface area contributed by atoms with Gasteiger partial charge < -0.3 is 4.98 Å². The standard InChI is InChI=1S/C12H16F3NO/c1-4-11(3,5-2)9-7-6-8(10(17)16-9)12(13,14)15/h6-7H,4-5H2,1-3H3,(H,16,17). The fourth-order valence-corrected chi connectivity index (χ4v) is 1.68. The van der Waals surface area contributed by atoms with Crippen LogP contribution in [0.25, 0.3) is 0 Å². The second-order valence-electron chi connectivity index (χ2n) is 4.38. The van der Waals surface area contributed by atoms with Crippen LogP contribution in [0.15, 0.2) is 16.9 Å². The Bertz CT molecular complexity index is 444. The van der Waals surface area contributed by atoms with Crippen LogP contribution in [0.1, 0.15) is 44.9 Å². The highest BCUT2D eigenvalue weighted by molar-refractivity contribution is 5.22. The van der Waals surface area contributed by atoms with Gasteiger partial charge >= 0.3 is 6.18 Å². The van der Waals surface area contributed by atoms with Crippen molar-refractivity contribution in [2.75, 3.05) is 0 Å². The van der Waals surface area contributed by atoms with Gasteiger partial charge in [-0.15, -0.1) is 0 Å². The predicted molar refractivity (Wildman–Crippen MR) is 60.0 cm³/mol. The van der Waals surface area contributed by atoms with Gasteiger partial charge in [-0.3, -0.25) is 4.79 Å². The molecule has 0 aromatic carbocycles. The van der Waals surface area contributed by atoms with Gasteiger partial charge in [-0.1, -0.05) is 20.8 Å². The van der Waals surface area contributed by atoms with Crippen molar-refractivity contribution in [3.8, 4) is 0 Å². The van der Waals surface area contributed by atoms with E-state index in [0.29, 0.717) is 5.69 Å². The Hall–Kier alpha value is -1.26. The molecule has 0 spiro atoms. The molecule has 5 heteroatoms. The third kappa shape index (κ3) is 2.70. The zero-order valence-corrected chi connectivity index (χ0v) is 10.1. The Morgan fingerprint density at radius 1 is 1.18 bits per heavy atom. The summed E-state index contributed by atoms with van der Waals surface area (Å²) in [7, 11) is 0. The number of pyridine rings is 1. The third-order valence-electron chi connectivity index (χ3n) is 3.43. The zero-order valence-electron chi connectivity index (χ0n) is 10.1. The van der Waals surface area contributed by atoms with Crippen molar-refractivity contribution in [1.29, 1.82) is 0 Å². The molecule has 0 bridgehead atoms. The number of H-pyrrole nitrogens is 1. The summed E-state index contributed by atoms with van der Waals surface area (Å²) in [5.41, 5.74) is -1.94. The van der Waals surface area contributed by atoms with Crippen LogP contribution in [0.3, 0.4) is 0 Å². The molecule has 0 aliphatic rings. The van der Waals surface area contributed by atoms with Gasteiger partial charge in [0.05, 0.1) is 0 Å². The van der Waals surface area contributed by atoms with E-state index in [4.69, 9.17) is 0 Å². The van der Waals surface area contributed by atoms with Gasteiger partial charge in [0.15, 0.2) is 0 Å². The maximum atomic E-state index is 12.4. The number of halogens is 3. The lowest BCUT2D eigenvalue weighted by Gasteiger charge is -2.26. The molecule has 0 unspecified atom stereocenters. The van der Waals surface area contributed by atoms with Gasteiger partial charge in [0, 0.05) is 11.1 Å². The molecule has 1 N–H and O–H groups in total. The minimum absolute atomic E-state index is 0.288. The van der Waals surface area contributed by atoms with Gasteiger partial charge in [0.25, 0.3) is 5.56 Å². The lowest BCUT2D eigenvalue weighted by molar-refractivity contribution is -0.138. The molecule has 0 fully saturated rings. The molecule has 1 rings (SSSR count). The van der Waals surface area contributed by atoms with Gasteiger partial charge in [-0.25, -0.2) is 0 Å². The maximum Gasteiger partial charge on any atom is 0.421 e. The zero-order chi connectivity index (χ0) is 13.3. The van der Waals surface area contributed by atoms with E-state index >= 15 is 0 Å². The first-order chi connectivity index (χ1) is 7.74. The van der Waals surface area contributed by atoms with Crippen molar-refractivity contribution < 1.29 is 13.2 Å². The van der Waals surface area contributed by atoms with Crippen LogP contribution in [0.5, 0.6) is 0 Å². The van der Waals surface area contributed by atoms with Crippen molar-refractivity contribution >= 4 is 0 Å². The number of aromatic amines is 1. The van der Waals surface area contributed by atoms with E-state index in [1.54, 1.807) is 0 Å². The number of hydrogen-bond donors (Lipinski definition) is 1. The summed E-state index contributed by atoms with van der Waals surface area (Å²) < 4.78 is 37.3. The maximum absolute atomic E-state index is 12.4. The van der Waals surface area contributed by atoms with Gasteiger partial charge in [0.2, 0.25) is 0 Å². The quantitative estimate of drug-likeness (QED) is 0.871. The molecule has 2 nitrogen and oxygen atoms in total. The second kappa shape index (κ2) is 4.55. The molecule has 0 aliphatic heterocycles. The van der Waals surface area contributed by atoms with Crippen LogP contribution < -0.4 is 5.56 Å². The van der Waals surface area contributed by atoms with E-state index in [0.717, 1.165) is 18.9 Å². The van der Waals surface area contributed by atoms with E-state index in [1.807, 2.05) is 20.8 Å². The largest absolute Gasteiger partial charge is 0.421 e. The van der Waals surface area contributed by atoms with E-state index in [1.165, 1.54) is 6.07 Å². The molecule has 1 aromatic rings. The minimum Gasteiger partial charge on any atom is -0.325 e. The topological polar surface area (TPSA) is 32.9 Å². The highest BCUT2D eigenvalue weighted by atomic mass is 19.4. The highest BCUT2D eigenvalue weighted by Gasteiger charge is 2.34. The summed E-state index contributed by atoms with van der Waals surface area (Å²) >= 11 is 0. The van der Waals surface area contributed by atoms with Crippen LogP contribution in [0, 0.1) is 0 Å². The molecular weight excluding hydrogens is 231 g/mol. The van der Waals surface area contributed by atoms with E-state index in [2.05, 4.69) is 4.98 Å². The van der Waals surface area contributed by atoms with E-state index in [9.17, 15) is 18.0 Å². The number of rotatable bonds is 3. The first kappa shape index (κ1) is 13.8. The van der Waals surface area contributed by atoms with E-state index < -0.39 is 17.3 Å². The molecule has 0 saturated heterocycles. The summed E-state index contributed by atoms with van der Waals surface area (Å²) in [6.07, 6.45) is -3.09. The van der Waals surface area contributed by atoms with Crippen molar-refractivity contribution in [3.63, 3.8) is 0 Å². The average molecular weight is 247 g/mol. The van der Waals surface area contributed by atoms with Crippen molar-refractivity contribution in [1.82, 2.24) is 4.98 Å². The summed E-state index contributed by atoms with van der Waals surface area (Å²) in [5.74, 6) is 0. The lowest BCUT2D eigenvalue weighted by Crippen LogP contribution is -2.28. The fraction of sp³-hybridized carbons (Fsp3) is 0.583. The second-order valence-corrected chi connectivity index (χ2v) is 4.38. The van der Waals surface area contributed by atoms with Crippen molar-refractivity contribution in [2.45, 2.75) is 45.2 Å². The van der Waals surface area contributed by atoms with E-state index in [-0.39, 0.29) is 5.41 Å². The Labute approximate surface area is 97.9 Å². The Kier molecular flexibility index (Phi) is 3.69. The monoisotopic (exact) mass is 247 g/mol. The predicted octanol–water partition coefficient (Wildman–Crippen LogP) is 3.47. The van der Waals surface area contributed by atoms with Gasteiger partial charge in [-0.05, 0) is 25.0 Å². The molecule has 96 valence electrons. The van der Waals surface area contributed by atoms with Crippen LogP contribution in [0.4, 0.5) is 13.2 Å². The Morgan fingerprint density at radius 3 is 2.06 bits per heavy atom. The number of hydrogen-bond acceptors (Lipinski definition) is 1. The molecule has 1 aromatic heterocycles. The molecule has 0 amide bonds. The number of nitrogens with one attached hydrogen (secondary N) is 1. The Morgan fingerprint density at radius 2 is 1.71 bits per heavy atom. The molecule has 0 aliphatic carbocycles. The summed E-state index contributed by atoms with van der Waals surface area (Å²) in [6.45, 7) is 5.81. The summed E-state index contributed by atoms with van der Waals surface area (Å²) in [5, 5.41) is 0. The number of alkyl halides is 3. The first-order valence-electron chi connectivity index (χ1n) is 5.55. The van der Waals surface area contributed by atoms with Crippen LogP contribution in [-0.2, 0) is 11.6 Å². The van der Waals surface area contributed by atoms with Crippen LogP contribution >= 0.6 is 0 Å². The molecule has 17 heavy (non-hydrogen) atoms. The van der Waals surface area contributed by atoms with Gasteiger partial charge in [0.1, 0.15) is 5.56 Å². The Balaban J connectivity index is 3.27. The number of aromatic nitrogens is 1. The molecular formula is C12H16F3NO. The average Bonchev–Trinajstić information content (AvgIpc) is 2.26. The summed E-state index contributed by atoms with van der Waals surface area (Å²) in [6, 6.07) is 2.22. The molecule has 0 radical (unpaired) electrons.